The average molecular weight is 206 g/mol. The molecule has 14 heavy (non-hydrogen) atoms. The standard InChI is InChI=1S/C8H14O6/c1-4-6(5(2)3)12-8(11)14-13-7(9)10/h5-6H,4H2,1-3H3,(H,9,10). The molecule has 0 aromatic rings. The van der Waals surface area contributed by atoms with Crippen LogP contribution < -0.4 is 0 Å². The highest BCUT2D eigenvalue weighted by Gasteiger charge is 2.18. The number of carbonyl (C=O) groups excluding carboxylic acids is 1. The highest BCUT2D eigenvalue weighted by molar-refractivity contribution is 5.62. The van der Waals surface area contributed by atoms with Crippen molar-refractivity contribution >= 4 is 12.3 Å². The molecule has 1 N–H and O–H groups in total. The number of ether oxygens (including phenoxy) is 1. The second-order valence-electron chi connectivity index (χ2n) is 2.99. The molecule has 1 unspecified atom stereocenters. The van der Waals surface area contributed by atoms with Crippen LogP contribution in [0.1, 0.15) is 27.2 Å². The monoisotopic (exact) mass is 206 g/mol. The number of hydrogen-bond acceptors (Lipinski definition) is 5. The molecule has 0 aliphatic rings. The third-order valence-electron chi connectivity index (χ3n) is 1.57. The molecule has 0 rings (SSSR count). The van der Waals surface area contributed by atoms with Crippen molar-refractivity contribution in [2.24, 2.45) is 5.92 Å². The molecule has 0 radical (unpaired) electrons. The zero-order valence-electron chi connectivity index (χ0n) is 8.35. The van der Waals surface area contributed by atoms with E-state index in [4.69, 9.17) is 9.84 Å². The van der Waals surface area contributed by atoms with E-state index in [0.717, 1.165) is 0 Å². The maximum absolute atomic E-state index is 10.8. The minimum Gasteiger partial charge on any atom is -0.447 e. The molecule has 0 spiro atoms. The van der Waals surface area contributed by atoms with E-state index in [1.807, 2.05) is 20.8 Å². The largest absolute Gasteiger partial charge is 0.550 e. The van der Waals surface area contributed by atoms with Crippen molar-refractivity contribution in [1.82, 2.24) is 0 Å². The first-order chi connectivity index (χ1) is 6.47. The topological polar surface area (TPSA) is 82.1 Å². The Bertz CT molecular complexity index is 200. The van der Waals surface area contributed by atoms with Crippen LogP contribution in [0.15, 0.2) is 0 Å². The Hall–Kier alpha value is -1.46. The van der Waals surface area contributed by atoms with E-state index in [0.29, 0.717) is 6.42 Å². The summed E-state index contributed by atoms with van der Waals surface area (Å²) in [6.07, 6.45) is -2.52. The summed E-state index contributed by atoms with van der Waals surface area (Å²) >= 11 is 0. The van der Waals surface area contributed by atoms with Crippen LogP contribution in [0.3, 0.4) is 0 Å². The van der Waals surface area contributed by atoms with Crippen LogP contribution in [0.25, 0.3) is 0 Å². The summed E-state index contributed by atoms with van der Waals surface area (Å²) in [4.78, 5) is 28.0. The van der Waals surface area contributed by atoms with Crippen LogP contribution in [-0.2, 0) is 14.5 Å². The predicted octanol–water partition coefficient (Wildman–Crippen LogP) is 2.18. The minimum absolute atomic E-state index is 0.136. The molecule has 0 heterocycles. The van der Waals surface area contributed by atoms with E-state index in [9.17, 15) is 9.59 Å². The molecule has 82 valence electrons. The van der Waals surface area contributed by atoms with E-state index in [2.05, 4.69) is 9.78 Å². The van der Waals surface area contributed by atoms with Gasteiger partial charge in [0, 0.05) is 0 Å². The molecular formula is C8H14O6. The van der Waals surface area contributed by atoms with Gasteiger partial charge in [0.1, 0.15) is 6.10 Å². The maximum Gasteiger partial charge on any atom is 0.550 e. The van der Waals surface area contributed by atoms with Crippen molar-refractivity contribution in [2.75, 3.05) is 0 Å². The second kappa shape index (κ2) is 6.06. The molecule has 1 atom stereocenters. The average Bonchev–Trinajstić information content (AvgIpc) is 2.10. The lowest BCUT2D eigenvalue weighted by Crippen LogP contribution is -2.24. The summed E-state index contributed by atoms with van der Waals surface area (Å²) in [6, 6.07) is 0. The van der Waals surface area contributed by atoms with Gasteiger partial charge in [-0.2, -0.15) is 9.68 Å². The van der Waals surface area contributed by atoms with Gasteiger partial charge in [0.05, 0.1) is 0 Å². The first-order valence-corrected chi connectivity index (χ1v) is 4.25. The van der Waals surface area contributed by atoms with Gasteiger partial charge in [0.2, 0.25) is 0 Å². The fourth-order valence-electron chi connectivity index (χ4n) is 0.904. The molecule has 0 aromatic carbocycles. The van der Waals surface area contributed by atoms with E-state index < -0.39 is 12.3 Å². The van der Waals surface area contributed by atoms with Crippen LogP contribution in [-0.4, -0.2) is 23.5 Å². The Balaban J connectivity index is 3.85. The molecule has 0 saturated heterocycles. The summed E-state index contributed by atoms with van der Waals surface area (Å²) < 4.78 is 4.76. The van der Waals surface area contributed by atoms with Gasteiger partial charge >= 0.3 is 12.3 Å². The van der Waals surface area contributed by atoms with E-state index >= 15 is 0 Å². The Morgan fingerprint density at radius 2 is 1.86 bits per heavy atom. The fourth-order valence-corrected chi connectivity index (χ4v) is 0.904. The van der Waals surface area contributed by atoms with E-state index in [-0.39, 0.29) is 12.0 Å². The number of rotatable bonds is 3. The SMILES string of the molecule is CCC(OC(=O)OOC(=O)O)C(C)C. The van der Waals surface area contributed by atoms with Crippen molar-refractivity contribution in [1.29, 1.82) is 0 Å². The molecule has 0 amide bonds. The smallest absolute Gasteiger partial charge is 0.447 e. The number of carboxylic acid groups (broad SMARTS) is 1. The van der Waals surface area contributed by atoms with Gasteiger partial charge in [-0.15, -0.1) is 0 Å². The van der Waals surface area contributed by atoms with Crippen molar-refractivity contribution in [3.05, 3.63) is 0 Å². The van der Waals surface area contributed by atoms with E-state index in [1.165, 1.54) is 0 Å². The van der Waals surface area contributed by atoms with Crippen LogP contribution in [0.4, 0.5) is 9.59 Å². The summed E-state index contributed by atoms with van der Waals surface area (Å²) in [6.45, 7) is 5.59. The zero-order chi connectivity index (χ0) is 11.1. The number of hydrogen-bond donors (Lipinski definition) is 1. The Morgan fingerprint density at radius 3 is 2.21 bits per heavy atom. The van der Waals surface area contributed by atoms with Gasteiger partial charge in [0.15, 0.2) is 0 Å². The van der Waals surface area contributed by atoms with Crippen molar-refractivity contribution in [3.63, 3.8) is 0 Å². The van der Waals surface area contributed by atoms with Gasteiger partial charge in [-0.3, -0.25) is 0 Å². The van der Waals surface area contributed by atoms with Crippen LogP contribution in [0.2, 0.25) is 0 Å². The third-order valence-corrected chi connectivity index (χ3v) is 1.57. The number of carbonyl (C=O) groups is 2. The van der Waals surface area contributed by atoms with Crippen molar-refractivity contribution < 1.29 is 29.2 Å². The van der Waals surface area contributed by atoms with Gasteiger partial charge in [-0.1, -0.05) is 20.8 Å². The molecule has 0 bridgehead atoms. The molecule has 0 fully saturated rings. The fraction of sp³-hybridized carbons (Fsp3) is 0.750. The highest BCUT2D eigenvalue weighted by Crippen LogP contribution is 2.11. The summed E-state index contributed by atoms with van der Waals surface area (Å²) in [5.74, 6) is 0.136. The van der Waals surface area contributed by atoms with Crippen LogP contribution >= 0.6 is 0 Å². The normalized spacial score (nSPS) is 12.0. The van der Waals surface area contributed by atoms with Gasteiger partial charge in [-0.25, -0.2) is 9.68 Å². The summed E-state index contributed by atoms with van der Waals surface area (Å²) in [5, 5.41) is 8.01. The second-order valence-corrected chi connectivity index (χ2v) is 2.99. The Morgan fingerprint density at radius 1 is 1.29 bits per heavy atom. The van der Waals surface area contributed by atoms with Crippen molar-refractivity contribution in [3.8, 4) is 0 Å². The minimum atomic E-state index is -1.69. The molecule has 0 aliphatic heterocycles. The summed E-state index contributed by atoms with van der Waals surface area (Å²) in [5.41, 5.74) is 0. The lowest BCUT2D eigenvalue weighted by atomic mass is 10.1. The Kier molecular flexibility index (Phi) is 5.43. The van der Waals surface area contributed by atoms with Crippen LogP contribution in [0, 0.1) is 5.92 Å². The lowest BCUT2D eigenvalue weighted by molar-refractivity contribution is -0.218. The lowest BCUT2D eigenvalue weighted by Gasteiger charge is -2.17. The van der Waals surface area contributed by atoms with Crippen LogP contribution in [0.5, 0.6) is 0 Å². The van der Waals surface area contributed by atoms with Gasteiger partial charge in [-0.05, 0) is 12.3 Å². The Labute approximate surface area is 81.7 Å². The molecule has 6 heteroatoms. The molecule has 0 saturated carbocycles. The summed E-state index contributed by atoms with van der Waals surface area (Å²) in [7, 11) is 0. The molecule has 0 aliphatic carbocycles. The predicted molar refractivity (Wildman–Crippen MR) is 45.6 cm³/mol. The molecular weight excluding hydrogens is 192 g/mol. The third kappa shape index (κ3) is 5.23. The first-order valence-electron chi connectivity index (χ1n) is 4.25. The maximum atomic E-state index is 10.8. The zero-order valence-corrected chi connectivity index (χ0v) is 8.35. The van der Waals surface area contributed by atoms with Crippen molar-refractivity contribution in [2.45, 2.75) is 33.3 Å². The first kappa shape index (κ1) is 12.5. The highest BCUT2D eigenvalue weighted by atomic mass is 17.3. The van der Waals surface area contributed by atoms with Gasteiger partial charge < -0.3 is 9.84 Å². The quantitative estimate of drug-likeness (QED) is 0.433. The molecule has 6 nitrogen and oxygen atoms in total. The van der Waals surface area contributed by atoms with E-state index in [1.54, 1.807) is 0 Å². The van der Waals surface area contributed by atoms with Gasteiger partial charge in [0.25, 0.3) is 0 Å². The molecule has 0 aromatic heterocycles.